The Hall–Kier alpha value is -2.28. The SMILES string of the molecule is N[N+]1(S(=O)(=O)c2cccc3cnccc23)CCCC(c2ccccc2)C1. The van der Waals surface area contributed by atoms with E-state index in [-0.39, 0.29) is 10.8 Å². The molecule has 2 aromatic carbocycles. The summed E-state index contributed by atoms with van der Waals surface area (Å²) in [7, 11) is -3.74. The van der Waals surface area contributed by atoms with Crippen LogP contribution >= 0.6 is 0 Å². The molecule has 2 N–H and O–H groups in total. The van der Waals surface area contributed by atoms with Gasteiger partial charge in [-0.3, -0.25) is 4.98 Å². The van der Waals surface area contributed by atoms with E-state index in [1.54, 1.807) is 30.6 Å². The fraction of sp³-hybridized carbons (Fsp3) is 0.250. The summed E-state index contributed by atoms with van der Waals surface area (Å²) in [6.07, 6.45) is 5.03. The molecule has 1 aromatic heterocycles. The maximum absolute atomic E-state index is 13.5. The molecular weight excluding hydrogens is 346 g/mol. The number of quaternary nitrogens is 1. The monoisotopic (exact) mass is 368 g/mol. The van der Waals surface area contributed by atoms with E-state index >= 15 is 0 Å². The molecule has 1 fully saturated rings. The third kappa shape index (κ3) is 2.80. The van der Waals surface area contributed by atoms with Gasteiger partial charge in [-0.15, -0.1) is 4.00 Å². The van der Waals surface area contributed by atoms with E-state index in [0.717, 1.165) is 23.8 Å². The maximum atomic E-state index is 13.5. The molecular formula is C20H22N3O2S+. The van der Waals surface area contributed by atoms with Crippen molar-refractivity contribution in [3.63, 3.8) is 0 Å². The maximum Gasteiger partial charge on any atom is 0.345 e. The van der Waals surface area contributed by atoms with Crippen LogP contribution < -0.4 is 5.84 Å². The molecule has 5 nitrogen and oxygen atoms in total. The lowest BCUT2D eigenvalue weighted by molar-refractivity contribution is -0.825. The summed E-state index contributed by atoms with van der Waals surface area (Å²) in [6.45, 7) is 0.807. The molecule has 1 aliphatic rings. The Balaban J connectivity index is 1.77. The number of rotatable bonds is 3. The third-order valence-electron chi connectivity index (χ3n) is 5.29. The second-order valence-corrected chi connectivity index (χ2v) is 9.05. The minimum Gasteiger partial charge on any atom is -0.264 e. The highest BCUT2D eigenvalue weighted by Gasteiger charge is 2.45. The molecule has 4 rings (SSSR count). The van der Waals surface area contributed by atoms with Crippen molar-refractivity contribution in [2.75, 3.05) is 13.1 Å². The smallest absolute Gasteiger partial charge is 0.264 e. The van der Waals surface area contributed by atoms with Crippen molar-refractivity contribution in [1.82, 2.24) is 4.98 Å². The Kier molecular flexibility index (Phi) is 4.26. The van der Waals surface area contributed by atoms with Gasteiger partial charge in [0.15, 0.2) is 0 Å². The average molecular weight is 368 g/mol. The summed E-state index contributed by atoms with van der Waals surface area (Å²) in [5.74, 6) is 6.66. The Morgan fingerprint density at radius 3 is 2.65 bits per heavy atom. The number of sulfonamides is 1. The molecule has 2 atom stereocenters. The lowest BCUT2D eigenvalue weighted by Crippen LogP contribution is -2.62. The number of benzene rings is 2. The lowest BCUT2D eigenvalue weighted by Gasteiger charge is -2.38. The Labute approximate surface area is 153 Å². The average Bonchev–Trinajstić information content (AvgIpc) is 2.68. The van der Waals surface area contributed by atoms with E-state index in [2.05, 4.69) is 17.1 Å². The predicted octanol–water partition coefficient (Wildman–Crippen LogP) is 3.19. The van der Waals surface area contributed by atoms with Crippen molar-refractivity contribution < 1.29 is 12.4 Å². The van der Waals surface area contributed by atoms with Crippen LogP contribution in [-0.4, -0.2) is 30.5 Å². The van der Waals surface area contributed by atoms with Gasteiger partial charge < -0.3 is 0 Å². The molecule has 0 radical (unpaired) electrons. The van der Waals surface area contributed by atoms with Crippen molar-refractivity contribution in [2.45, 2.75) is 23.7 Å². The van der Waals surface area contributed by atoms with Crippen molar-refractivity contribution >= 4 is 20.8 Å². The van der Waals surface area contributed by atoms with Crippen LogP contribution in [-0.2, 0) is 10.0 Å². The first-order valence-electron chi connectivity index (χ1n) is 8.80. The van der Waals surface area contributed by atoms with Gasteiger partial charge in [0.1, 0.15) is 18.0 Å². The zero-order chi connectivity index (χ0) is 18.2. The normalized spacial score (nSPS) is 23.8. The number of pyridine rings is 1. The van der Waals surface area contributed by atoms with Crippen LogP contribution in [0, 0.1) is 0 Å². The van der Waals surface area contributed by atoms with Crippen LogP contribution in [0.3, 0.4) is 0 Å². The number of aromatic nitrogens is 1. The molecule has 0 saturated carbocycles. The predicted molar refractivity (Wildman–Crippen MR) is 102 cm³/mol. The van der Waals surface area contributed by atoms with Gasteiger partial charge >= 0.3 is 10.0 Å². The summed E-state index contributed by atoms with van der Waals surface area (Å²) in [5.41, 5.74) is 1.15. The summed E-state index contributed by atoms with van der Waals surface area (Å²) >= 11 is 0. The zero-order valence-corrected chi connectivity index (χ0v) is 15.3. The number of nitrogens with two attached hydrogens (primary N) is 1. The molecule has 0 amide bonds. The van der Waals surface area contributed by atoms with Crippen molar-refractivity contribution in [1.29, 1.82) is 0 Å². The highest BCUT2D eigenvalue weighted by atomic mass is 32.2. The molecule has 3 aromatic rings. The molecule has 2 heterocycles. The molecule has 0 bridgehead atoms. The minimum atomic E-state index is -3.74. The number of nitrogens with zero attached hydrogens (tertiary/aromatic N) is 2. The van der Waals surface area contributed by atoms with Crippen molar-refractivity contribution in [2.24, 2.45) is 5.84 Å². The van der Waals surface area contributed by atoms with E-state index in [0.29, 0.717) is 18.5 Å². The van der Waals surface area contributed by atoms with Crippen LogP contribution in [0.25, 0.3) is 10.8 Å². The van der Waals surface area contributed by atoms with Crippen LogP contribution in [0.1, 0.15) is 24.3 Å². The summed E-state index contributed by atoms with van der Waals surface area (Å²) in [4.78, 5) is 4.37. The first-order chi connectivity index (χ1) is 12.5. The van der Waals surface area contributed by atoms with Crippen LogP contribution in [0.4, 0.5) is 0 Å². The van der Waals surface area contributed by atoms with Crippen molar-refractivity contribution in [3.8, 4) is 0 Å². The van der Waals surface area contributed by atoms with Crippen LogP contribution in [0.15, 0.2) is 71.9 Å². The zero-order valence-electron chi connectivity index (χ0n) is 14.5. The fourth-order valence-corrected chi connectivity index (χ4v) is 5.74. The van der Waals surface area contributed by atoms with Gasteiger partial charge in [-0.25, -0.2) is 0 Å². The second-order valence-electron chi connectivity index (χ2n) is 6.94. The molecule has 26 heavy (non-hydrogen) atoms. The lowest BCUT2D eigenvalue weighted by atomic mass is 9.91. The van der Waals surface area contributed by atoms with E-state index in [1.807, 2.05) is 24.3 Å². The molecule has 2 unspecified atom stereocenters. The molecule has 1 saturated heterocycles. The largest absolute Gasteiger partial charge is 0.345 e. The summed E-state index contributed by atoms with van der Waals surface area (Å²) in [5, 5.41) is 1.48. The van der Waals surface area contributed by atoms with Crippen molar-refractivity contribution in [3.05, 3.63) is 72.6 Å². The van der Waals surface area contributed by atoms with Gasteiger partial charge in [0.2, 0.25) is 0 Å². The topological polar surface area (TPSA) is 73.1 Å². The van der Waals surface area contributed by atoms with Gasteiger partial charge in [0, 0.05) is 35.5 Å². The number of hydrogen-bond acceptors (Lipinski definition) is 4. The Morgan fingerprint density at radius 2 is 1.85 bits per heavy atom. The first-order valence-corrected chi connectivity index (χ1v) is 10.2. The van der Waals surface area contributed by atoms with Gasteiger partial charge in [-0.2, -0.15) is 14.3 Å². The van der Waals surface area contributed by atoms with Gasteiger partial charge in [0.25, 0.3) is 0 Å². The summed E-state index contributed by atoms with van der Waals surface area (Å²) in [6, 6.07) is 17.1. The second kappa shape index (κ2) is 6.46. The quantitative estimate of drug-likeness (QED) is 0.569. The van der Waals surface area contributed by atoms with Gasteiger partial charge in [0.05, 0.1) is 0 Å². The third-order valence-corrected chi connectivity index (χ3v) is 7.49. The van der Waals surface area contributed by atoms with E-state index in [1.165, 1.54) is 0 Å². The molecule has 0 spiro atoms. The molecule has 134 valence electrons. The standard InChI is InChI=1S/C20H22N3O2S/c21-23(13-5-9-18(15-23)16-6-2-1-3-7-16)26(24,25)20-10-4-8-17-14-22-12-11-19(17)20/h1-4,6-8,10-12,14,18H,5,9,13,15,21H2/q+1. The Morgan fingerprint density at radius 1 is 1.04 bits per heavy atom. The van der Waals surface area contributed by atoms with Gasteiger partial charge in [-0.05, 0) is 24.1 Å². The number of hydrogen-bond donors (Lipinski definition) is 1. The van der Waals surface area contributed by atoms with E-state index < -0.39 is 14.0 Å². The Bertz CT molecular complexity index is 1030. The number of fused-ring (bicyclic) bond motifs is 1. The molecule has 1 aliphatic heterocycles. The van der Waals surface area contributed by atoms with E-state index in [4.69, 9.17) is 5.84 Å². The highest BCUT2D eigenvalue weighted by molar-refractivity contribution is 7.86. The first kappa shape index (κ1) is 17.1. The highest BCUT2D eigenvalue weighted by Crippen LogP contribution is 2.35. The van der Waals surface area contributed by atoms with Crippen LogP contribution in [0.5, 0.6) is 0 Å². The molecule has 0 aliphatic carbocycles. The fourth-order valence-electron chi connectivity index (χ4n) is 3.89. The molecule has 6 heteroatoms. The number of piperidine rings is 1. The van der Waals surface area contributed by atoms with E-state index in [9.17, 15) is 8.42 Å². The van der Waals surface area contributed by atoms with Crippen LogP contribution in [0.2, 0.25) is 0 Å². The minimum absolute atomic E-state index is 0.140. The van der Waals surface area contributed by atoms with Gasteiger partial charge in [-0.1, -0.05) is 42.5 Å². The summed E-state index contributed by atoms with van der Waals surface area (Å²) < 4.78 is 26.6.